The van der Waals surface area contributed by atoms with Crippen LogP contribution in [0.3, 0.4) is 0 Å². The van der Waals surface area contributed by atoms with Crippen molar-refractivity contribution in [1.29, 1.82) is 0 Å². The predicted molar refractivity (Wildman–Crippen MR) is 61.2 cm³/mol. The Hall–Kier alpha value is -1.33. The molecule has 0 spiro atoms. The molecule has 16 heavy (non-hydrogen) atoms. The maximum atomic E-state index is 10.8. The second-order valence-electron chi connectivity index (χ2n) is 2.95. The molecular weight excluding hydrogens is 232 g/mol. The van der Waals surface area contributed by atoms with Gasteiger partial charge in [-0.05, 0) is 13.0 Å². The summed E-state index contributed by atoms with van der Waals surface area (Å²) in [5.41, 5.74) is 0.0376. The number of anilines is 1. The fourth-order valence-electron chi connectivity index (χ4n) is 1.12. The number of aromatic nitrogens is 1. The van der Waals surface area contributed by atoms with E-state index in [-0.39, 0.29) is 10.6 Å². The highest BCUT2D eigenvalue weighted by Gasteiger charge is 2.12. The molecule has 0 bridgehead atoms. The molecule has 2 N–H and O–H groups in total. The van der Waals surface area contributed by atoms with E-state index in [0.29, 0.717) is 25.6 Å². The number of nitrogens with one attached hydrogen (secondary N) is 1. The Morgan fingerprint density at radius 3 is 3.06 bits per heavy atom. The summed E-state index contributed by atoms with van der Waals surface area (Å²) in [6.07, 6.45) is 1.40. The maximum Gasteiger partial charge on any atom is 0.337 e. The van der Waals surface area contributed by atoms with Gasteiger partial charge in [0.05, 0.1) is 17.2 Å². The van der Waals surface area contributed by atoms with Gasteiger partial charge in [0, 0.05) is 19.3 Å². The van der Waals surface area contributed by atoms with E-state index in [1.165, 1.54) is 12.3 Å². The first-order chi connectivity index (χ1) is 7.66. The van der Waals surface area contributed by atoms with Crippen LogP contribution < -0.4 is 5.32 Å². The smallest absolute Gasteiger partial charge is 0.337 e. The molecule has 0 aliphatic rings. The fourth-order valence-corrected chi connectivity index (χ4v) is 1.38. The lowest BCUT2D eigenvalue weighted by molar-refractivity contribution is 0.0697. The SMILES string of the molecule is CCOCCNc1nccc(C(=O)O)c1Cl. The van der Waals surface area contributed by atoms with E-state index >= 15 is 0 Å². The Labute approximate surface area is 98.4 Å². The van der Waals surface area contributed by atoms with Gasteiger partial charge in [0.25, 0.3) is 0 Å². The first kappa shape index (κ1) is 12.7. The number of carboxylic acids is 1. The summed E-state index contributed by atoms with van der Waals surface area (Å²) in [6.45, 7) is 3.59. The standard InChI is InChI=1S/C10H13ClN2O3/c1-2-16-6-5-13-9-8(11)7(10(14)15)3-4-12-9/h3-4H,2,5-6H2,1H3,(H,12,13)(H,14,15). The van der Waals surface area contributed by atoms with E-state index in [2.05, 4.69) is 10.3 Å². The quantitative estimate of drug-likeness (QED) is 0.748. The third-order valence-electron chi connectivity index (χ3n) is 1.86. The molecule has 1 aromatic heterocycles. The molecule has 0 saturated heterocycles. The minimum absolute atomic E-state index is 0.0376. The van der Waals surface area contributed by atoms with Crippen molar-refractivity contribution in [3.05, 3.63) is 22.8 Å². The van der Waals surface area contributed by atoms with Gasteiger partial charge in [-0.15, -0.1) is 0 Å². The summed E-state index contributed by atoms with van der Waals surface area (Å²) in [4.78, 5) is 14.7. The molecule has 0 radical (unpaired) electrons. The van der Waals surface area contributed by atoms with Gasteiger partial charge in [0.15, 0.2) is 0 Å². The Morgan fingerprint density at radius 1 is 1.69 bits per heavy atom. The van der Waals surface area contributed by atoms with Crippen molar-refractivity contribution in [3.63, 3.8) is 0 Å². The number of ether oxygens (including phenoxy) is 1. The summed E-state index contributed by atoms with van der Waals surface area (Å²) in [6, 6.07) is 1.36. The van der Waals surface area contributed by atoms with E-state index in [1.807, 2.05) is 6.92 Å². The number of rotatable bonds is 6. The van der Waals surface area contributed by atoms with Crippen LogP contribution in [-0.2, 0) is 4.74 Å². The number of aromatic carboxylic acids is 1. The Kier molecular flexibility index (Phi) is 5.01. The van der Waals surface area contributed by atoms with Crippen LogP contribution in [0.15, 0.2) is 12.3 Å². The molecule has 6 heteroatoms. The molecular formula is C10H13ClN2O3. The molecule has 0 aliphatic heterocycles. The third kappa shape index (κ3) is 3.36. The van der Waals surface area contributed by atoms with Crippen LogP contribution in [0.1, 0.15) is 17.3 Å². The first-order valence-corrected chi connectivity index (χ1v) is 5.24. The van der Waals surface area contributed by atoms with E-state index in [1.54, 1.807) is 0 Å². The minimum Gasteiger partial charge on any atom is -0.478 e. The van der Waals surface area contributed by atoms with E-state index in [0.717, 1.165) is 0 Å². The molecule has 5 nitrogen and oxygen atoms in total. The number of pyridine rings is 1. The molecule has 0 aliphatic carbocycles. The number of hydrogen-bond donors (Lipinski definition) is 2. The topological polar surface area (TPSA) is 71.5 Å². The van der Waals surface area contributed by atoms with Gasteiger partial charge in [0.1, 0.15) is 5.82 Å². The first-order valence-electron chi connectivity index (χ1n) is 4.86. The molecule has 1 rings (SSSR count). The molecule has 0 aromatic carbocycles. The van der Waals surface area contributed by atoms with Crippen molar-refractivity contribution in [2.45, 2.75) is 6.92 Å². The second-order valence-corrected chi connectivity index (χ2v) is 3.33. The summed E-state index contributed by atoms with van der Waals surface area (Å²) in [5, 5.41) is 11.9. The number of halogens is 1. The molecule has 88 valence electrons. The zero-order valence-electron chi connectivity index (χ0n) is 8.86. The zero-order chi connectivity index (χ0) is 12.0. The van der Waals surface area contributed by atoms with Gasteiger partial charge in [-0.1, -0.05) is 11.6 Å². The van der Waals surface area contributed by atoms with Crippen LogP contribution in [0.5, 0.6) is 0 Å². The molecule has 0 unspecified atom stereocenters. The molecule has 0 atom stereocenters. The van der Waals surface area contributed by atoms with Crippen LogP contribution in [-0.4, -0.2) is 35.8 Å². The van der Waals surface area contributed by atoms with E-state index in [9.17, 15) is 4.79 Å². The summed E-state index contributed by atoms with van der Waals surface area (Å²) in [5.74, 6) is -0.707. The van der Waals surface area contributed by atoms with E-state index < -0.39 is 5.97 Å². The van der Waals surface area contributed by atoms with Crippen molar-refractivity contribution < 1.29 is 14.6 Å². The third-order valence-corrected chi connectivity index (χ3v) is 2.25. The predicted octanol–water partition coefficient (Wildman–Crippen LogP) is 1.88. The lowest BCUT2D eigenvalue weighted by Gasteiger charge is -2.08. The zero-order valence-corrected chi connectivity index (χ0v) is 9.62. The molecule has 1 aromatic rings. The van der Waals surface area contributed by atoms with Gasteiger partial charge in [0.2, 0.25) is 0 Å². The van der Waals surface area contributed by atoms with Crippen LogP contribution in [0.4, 0.5) is 5.82 Å². The number of hydrogen-bond acceptors (Lipinski definition) is 4. The van der Waals surface area contributed by atoms with Gasteiger partial charge in [-0.25, -0.2) is 9.78 Å². The van der Waals surface area contributed by atoms with Crippen molar-refractivity contribution >= 4 is 23.4 Å². The molecule has 0 fully saturated rings. The fraction of sp³-hybridized carbons (Fsp3) is 0.400. The average Bonchev–Trinajstić information content (AvgIpc) is 2.26. The Morgan fingerprint density at radius 2 is 2.44 bits per heavy atom. The monoisotopic (exact) mass is 244 g/mol. The highest BCUT2D eigenvalue weighted by molar-refractivity contribution is 6.35. The van der Waals surface area contributed by atoms with Crippen molar-refractivity contribution in [2.24, 2.45) is 0 Å². The summed E-state index contributed by atoms with van der Waals surface area (Å²) < 4.78 is 5.12. The lowest BCUT2D eigenvalue weighted by atomic mass is 10.2. The molecule has 0 saturated carbocycles. The Bertz CT molecular complexity index is 371. The second kappa shape index (κ2) is 6.30. The Balaban J connectivity index is 2.66. The van der Waals surface area contributed by atoms with Gasteiger partial charge in [-0.2, -0.15) is 0 Å². The van der Waals surface area contributed by atoms with Gasteiger partial charge < -0.3 is 15.2 Å². The minimum atomic E-state index is -1.07. The van der Waals surface area contributed by atoms with Crippen molar-refractivity contribution in [1.82, 2.24) is 4.98 Å². The van der Waals surface area contributed by atoms with Crippen LogP contribution in [0.25, 0.3) is 0 Å². The van der Waals surface area contributed by atoms with Gasteiger partial charge in [-0.3, -0.25) is 0 Å². The largest absolute Gasteiger partial charge is 0.478 e. The molecule has 0 amide bonds. The summed E-state index contributed by atoms with van der Waals surface area (Å²) in [7, 11) is 0. The molecule has 1 heterocycles. The highest BCUT2D eigenvalue weighted by Crippen LogP contribution is 2.23. The average molecular weight is 245 g/mol. The van der Waals surface area contributed by atoms with Gasteiger partial charge >= 0.3 is 5.97 Å². The number of carbonyl (C=O) groups is 1. The van der Waals surface area contributed by atoms with Crippen LogP contribution in [0, 0.1) is 0 Å². The van der Waals surface area contributed by atoms with Crippen LogP contribution >= 0.6 is 11.6 Å². The van der Waals surface area contributed by atoms with E-state index in [4.69, 9.17) is 21.4 Å². The maximum absolute atomic E-state index is 10.8. The van der Waals surface area contributed by atoms with Crippen molar-refractivity contribution in [2.75, 3.05) is 25.1 Å². The highest BCUT2D eigenvalue weighted by atomic mass is 35.5. The lowest BCUT2D eigenvalue weighted by Crippen LogP contribution is -2.11. The number of carboxylic acid groups (broad SMARTS) is 1. The number of nitrogens with zero attached hydrogens (tertiary/aromatic N) is 1. The normalized spacial score (nSPS) is 10.1. The van der Waals surface area contributed by atoms with Crippen molar-refractivity contribution in [3.8, 4) is 0 Å². The van der Waals surface area contributed by atoms with Crippen LogP contribution in [0.2, 0.25) is 5.02 Å². The summed E-state index contributed by atoms with van der Waals surface area (Å²) >= 11 is 5.87.